The van der Waals surface area contributed by atoms with Crippen molar-refractivity contribution in [2.75, 3.05) is 25.6 Å². The molecule has 0 heterocycles. The first-order valence-electron chi connectivity index (χ1n) is 8.42. The standard InChI is InChI=1S/C20H25NO4/c1-4-5-11-24-17-8-6-7-16(13-17)21-20(22)14-25-18-10-9-15(2)12-19(18)23-3/h6-10,12-13H,4-5,11,14H2,1-3H3,(H,21,22). The summed E-state index contributed by atoms with van der Waals surface area (Å²) in [6.45, 7) is 4.65. The van der Waals surface area contributed by atoms with Crippen LogP contribution < -0.4 is 19.5 Å². The van der Waals surface area contributed by atoms with Crippen molar-refractivity contribution in [3.05, 3.63) is 48.0 Å². The Kier molecular flexibility index (Phi) is 7.14. The van der Waals surface area contributed by atoms with E-state index in [-0.39, 0.29) is 12.5 Å². The monoisotopic (exact) mass is 343 g/mol. The lowest BCUT2D eigenvalue weighted by molar-refractivity contribution is -0.118. The molecule has 0 aromatic heterocycles. The average molecular weight is 343 g/mol. The number of hydrogen-bond acceptors (Lipinski definition) is 4. The Morgan fingerprint density at radius 2 is 1.92 bits per heavy atom. The van der Waals surface area contributed by atoms with Gasteiger partial charge in [0.25, 0.3) is 5.91 Å². The number of hydrogen-bond donors (Lipinski definition) is 1. The molecule has 0 atom stereocenters. The van der Waals surface area contributed by atoms with Crippen LogP contribution in [-0.2, 0) is 4.79 Å². The molecule has 1 N–H and O–H groups in total. The molecule has 5 nitrogen and oxygen atoms in total. The van der Waals surface area contributed by atoms with Crippen molar-refractivity contribution < 1.29 is 19.0 Å². The molecule has 2 aromatic carbocycles. The van der Waals surface area contributed by atoms with Gasteiger partial charge in [0.2, 0.25) is 0 Å². The third kappa shape index (κ3) is 6.03. The van der Waals surface area contributed by atoms with Gasteiger partial charge in [-0.2, -0.15) is 0 Å². The highest BCUT2D eigenvalue weighted by Gasteiger charge is 2.08. The van der Waals surface area contributed by atoms with Crippen molar-refractivity contribution >= 4 is 11.6 Å². The van der Waals surface area contributed by atoms with Crippen LogP contribution in [0.2, 0.25) is 0 Å². The SMILES string of the molecule is CCCCOc1cccc(NC(=O)COc2ccc(C)cc2OC)c1. The number of methoxy groups -OCH3 is 1. The van der Waals surface area contributed by atoms with Crippen molar-refractivity contribution in [1.29, 1.82) is 0 Å². The lowest BCUT2D eigenvalue weighted by Crippen LogP contribution is -2.20. The highest BCUT2D eigenvalue weighted by molar-refractivity contribution is 5.92. The molecule has 0 fully saturated rings. The molecule has 2 aromatic rings. The fourth-order valence-electron chi connectivity index (χ4n) is 2.23. The van der Waals surface area contributed by atoms with Gasteiger partial charge in [0.15, 0.2) is 18.1 Å². The maximum absolute atomic E-state index is 12.1. The number of carbonyl (C=O) groups excluding carboxylic acids is 1. The topological polar surface area (TPSA) is 56.8 Å². The van der Waals surface area contributed by atoms with Gasteiger partial charge in [0, 0.05) is 11.8 Å². The molecule has 0 unspecified atom stereocenters. The highest BCUT2D eigenvalue weighted by atomic mass is 16.5. The summed E-state index contributed by atoms with van der Waals surface area (Å²) in [5, 5.41) is 2.81. The summed E-state index contributed by atoms with van der Waals surface area (Å²) in [5.74, 6) is 1.65. The molecule has 0 saturated heterocycles. The largest absolute Gasteiger partial charge is 0.494 e. The molecule has 0 saturated carbocycles. The summed E-state index contributed by atoms with van der Waals surface area (Å²) < 4.78 is 16.5. The number of rotatable bonds is 9. The Balaban J connectivity index is 1.89. The average Bonchev–Trinajstić information content (AvgIpc) is 2.61. The van der Waals surface area contributed by atoms with Crippen LogP contribution in [0, 0.1) is 6.92 Å². The van der Waals surface area contributed by atoms with Crippen LogP contribution in [0.25, 0.3) is 0 Å². The van der Waals surface area contributed by atoms with Gasteiger partial charge in [-0.25, -0.2) is 0 Å². The number of anilines is 1. The number of aryl methyl sites for hydroxylation is 1. The van der Waals surface area contributed by atoms with Crippen molar-refractivity contribution in [3.63, 3.8) is 0 Å². The van der Waals surface area contributed by atoms with Crippen molar-refractivity contribution in [2.45, 2.75) is 26.7 Å². The molecule has 0 radical (unpaired) electrons. The summed E-state index contributed by atoms with van der Waals surface area (Å²) in [6.07, 6.45) is 2.08. The highest BCUT2D eigenvalue weighted by Crippen LogP contribution is 2.27. The minimum absolute atomic E-state index is 0.0969. The molecular weight excluding hydrogens is 318 g/mol. The number of carbonyl (C=O) groups is 1. The zero-order valence-corrected chi connectivity index (χ0v) is 15.0. The minimum atomic E-state index is -0.242. The van der Waals surface area contributed by atoms with E-state index in [9.17, 15) is 4.79 Å². The lowest BCUT2D eigenvalue weighted by atomic mass is 10.2. The molecule has 5 heteroatoms. The first-order valence-corrected chi connectivity index (χ1v) is 8.42. The summed E-state index contributed by atoms with van der Waals surface area (Å²) in [4.78, 5) is 12.1. The normalized spacial score (nSPS) is 10.2. The van der Waals surface area contributed by atoms with E-state index in [2.05, 4.69) is 12.2 Å². The fraction of sp³-hybridized carbons (Fsp3) is 0.350. The van der Waals surface area contributed by atoms with E-state index in [1.165, 1.54) is 0 Å². The third-order valence-corrected chi connectivity index (χ3v) is 3.56. The maximum atomic E-state index is 12.1. The Hall–Kier alpha value is -2.69. The molecule has 2 rings (SSSR count). The van der Waals surface area contributed by atoms with Gasteiger partial charge in [0.1, 0.15) is 5.75 Å². The fourth-order valence-corrected chi connectivity index (χ4v) is 2.23. The molecule has 0 spiro atoms. The van der Waals surface area contributed by atoms with Gasteiger partial charge in [-0.3, -0.25) is 4.79 Å². The first-order chi connectivity index (χ1) is 12.1. The summed E-state index contributed by atoms with van der Waals surface area (Å²) in [6, 6.07) is 12.9. The van der Waals surface area contributed by atoms with Crippen LogP contribution in [0.4, 0.5) is 5.69 Å². The van der Waals surface area contributed by atoms with Gasteiger partial charge in [-0.15, -0.1) is 0 Å². The Bertz CT molecular complexity index is 700. The number of amides is 1. The molecule has 1 amide bonds. The van der Waals surface area contributed by atoms with E-state index in [0.717, 1.165) is 24.2 Å². The van der Waals surface area contributed by atoms with Gasteiger partial charge < -0.3 is 19.5 Å². The summed E-state index contributed by atoms with van der Waals surface area (Å²) in [7, 11) is 1.58. The minimum Gasteiger partial charge on any atom is -0.494 e. The second kappa shape index (κ2) is 9.57. The Morgan fingerprint density at radius 3 is 2.68 bits per heavy atom. The van der Waals surface area contributed by atoms with Crippen molar-refractivity contribution in [2.24, 2.45) is 0 Å². The first kappa shape index (κ1) is 18.6. The zero-order valence-electron chi connectivity index (χ0n) is 15.0. The molecule has 0 bridgehead atoms. The predicted molar refractivity (Wildman–Crippen MR) is 98.7 cm³/mol. The van der Waals surface area contributed by atoms with Crippen molar-refractivity contribution in [1.82, 2.24) is 0 Å². The van der Waals surface area contributed by atoms with Crippen LogP contribution in [-0.4, -0.2) is 26.2 Å². The number of benzene rings is 2. The van der Waals surface area contributed by atoms with Gasteiger partial charge in [0.05, 0.1) is 13.7 Å². The van der Waals surface area contributed by atoms with Gasteiger partial charge >= 0.3 is 0 Å². The Labute approximate surface area is 148 Å². The lowest BCUT2D eigenvalue weighted by Gasteiger charge is -2.12. The van der Waals surface area contributed by atoms with Gasteiger partial charge in [-0.05, 0) is 43.2 Å². The second-order valence-corrected chi connectivity index (χ2v) is 5.72. The number of nitrogens with one attached hydrogen (secondary N) is 1. The maximum Gasteiger partial charge on any atom is 0.262 e. The van der Waals surface area contributed by atoms with Crippen LogP contribution in [0.3, 0.4) is 0 Å². The predicted octanol–water partition coefficient (Wildman–Crippen LogP) is 4.20. The Morgan fingerprint density at radius 1 is 1.08 bits per heavy atom. The van der Waals surface area contributed by atoms with E-state index in [0.29, 0.717) is 23.8 Å². The van der Waals surface area contributed by atoms with E-state index in [4.69, 9.17) is 14.2 Å². The van der Waals surface area contributed by atoms with Crippen LogP contribution >= 0.6 is 0 Å². The van der Waals surface area contributed by atoms with Crippen molar-refractivity contribution in [3.8, 4) is 17.2 Å². The van der Waals surface area contributed by atoms with E-state index in [1.54, 1.807) is 19.2 Å². The molecule has 134 valence electrons. The van der Waals surface area contributed by atoms with E-state index < -0.39 is 0 Å². The molecule has 25 heavy (non-hydrogen) atoms. The smallest absolute Gasteiger partial charge is 0.262 e. The second-order valence-electron chi connectivity index (χ2n) is 5.72. The van der Waals surface area contributed by atoms with Crippen LogP contribution in [0.5, 0.6) is 17.2 Å². The quantitative estimate of drug-likeness (QED) is 0.693. The van der Waals surface area contributed by atoms with Crippen LogP contribution in [0.1, 0.15) is 25.3 Å². The van der Waals surface area contributed by atoms with Crippen LogP contribution in [0.15, 0.2) is 42.5 Å². The summed E-state index contributed by atoms with van der Waals surface area (Å²) in [5.41, 5.74) is 1.74. The third-order valence-electron chi connectivity index (χ3n) is 3.56. The van der Waals surface area contributed by atoms with E-state index in [1.807, 2.05) is 37.3 Å². The number of unbranched alkanes of at least 4 members (excludes halogenated alkanes) is 1. The zero-order chi connectivity index (χ0) is 18.1. The molecule has 0 aliphatic heterocycles. The molecule has 0 aliphatic carbocycles. The van der Waals surface area contributed by atoms with E-state index >= 15 is 0 Å². The molecule has 0 aliphatic rings. The molecular formula is C20H25NO4. The van der Waals surface area contributed by atoms with Gasteiger partial charge in [-0.1, -0.05) is 25.5 Å². The summed E-state index contributed by atoms with van der Waals surface area (Å²) >= 11 is 0. The number of ether oxygens (including phenoxy) is 3.